The second-order valence-corrected chi connectivity index (χ2v) is 9.03. The van der Waals surface area contributed by atoms with Crippen LogP contribution in [-0.4, -0.2) is 22.4 Å². The normalized spacial score (nSPS) is 15.5. The Morgan fingerprint density at radius 3 is 2.09 bits per heavy atom. The molecular weight excluding hydrogens is 408 g/mol. The van der Waals surface area contributed by atoms with Gasteiger partial charge < -0.3 is 4.90 Å². The molecule has 0 radical (unpaired) electrons. The first kappa shape index (κ1) is 21.0. The van der Waals surface area contributed by atoms with Crippen LogP contribution < -0.4 is 4.90 Å². The second-order valence-electron chi connectivity index (χ2n) is 9.03. The van der Waals surface area contributed by atoms with Crippen LogP contribution in [0.4, 0.5) is 10.5 Å². The molecular formula is C29H26N2O2. The fourth-order valence-electron chi connectivity index (χ4n) is 4.51. The van der Waals surface area contributed by atoms with Crippen LogP contribution in [0.15, 0.2) is 97.1 Å². The summed E-state index contributed by atoms with van der Waals surface area (Å²) in [6.07, 6.45) is 0.780. The molecule has 4 aromatic carbocycles. The van der Waals surface area contributed by atoms with Crippen molar-refractivity contribution in [2.24, 2.45) is 0 Å². The van der Waals surface area contributed by atoms with Crippen LogP contribution in [0, 0.1) is 0 Å². The highest BCUT2D eigenvalue weighted by atomic mass is 16.2. The Hall–Kier alpha value is -3.92. The molecule has 0 aromatic heterocycles. The highest BCUT2D eigenvalue weighted by molar-refractivity contribution is 6.23. The van der Waals surface area contributed by atoms with Gasteiger partial charge >= 0.3 is 6.03 Å². The third kappa shape index (κ3) is 3.78. The average Bonchev–Trinajstić information content (AvgIpc) is 3.00. The zero-order valence-electron chi connectivity index (χ0n) is 18.9. The molecule has 1 saturated heterocycles. The van der Waals surface area contributed by atoms with Gasteiger partial charge in [0.15, 0.2) is 0 Å². The summed E-state index contributed by atoms with van der Waals surface area (Å²) in [6.45, 7) is 4.03. The first-order valence-electron chi connectivity index (χ1n) is 11.2. The second kappa shape index (κ2) is 8.21. The van der Waals surface area contributed by atoms with Crippen molar-refractivity contribution >= 4 is 28.4 Å². The fourth-order valence-corrected chi connectivity index (χ4v) is 4.51. The van der Waals surface area contributed by atoms with Gasteiger partial charge in [-0.3, -0.25) is 4.79 Å². The van der Waals surface area contributed by atoms with E-state index in [0.717, 1.165) is 28.3 Å². The molecule has 1 aliphatic heterocycles. The van der Waals surface area contributed by atoms with Gasteiger partial charge in [-0.2, -0.15) is 0 Å². The lowest BCUT2D eigenvalue weighted by atomic mass is 9.97. The van der Waals surface area contributed by atoms with Crippen molar-refractivity contribution in [1.29, 1.82) is 0 Å². The van der Waals surface area contributed by atoms with Crippen molar-refractivity contribution in [3.8, 4) is 0 Å². The van der Waals surface area contributed by atoms with Crippen molar-refractivity contribution in [3.63, 3.8) is 0 Å². The van der Waals surface area contributed by atoms with Gasteiger partial charge in [0, 0.05) is 6.54 Å². The molecule has 4 aromatic rings. The quantitative estimate of drug-likeness (QED) is 0.352. The van der Waals surface area contributed by atoms with Gasteiger partial charge in [-0.1, -0.05) is 84.9 Å². The van der Waals surface area contributed by atoms with Gasteiger partial charge in [-0.15, -0.1) is 0 Å². The highest BCUT2D eigenvalue weighted by Crippen LogP contribution is 2.35. The van der Waals surface area contributed by atoms with E-state index in [1.807, 2.05) is 92.7 Å². The van der Waals surface area contributed by atoms with E-state index < -0.39 is 5.54 Å². The summed E-state index contributed by atoms with van der Waals surface area (Å²) in [4.78, 5) is 30.0. The highest BCUT2D eigenvalue weighted by Gasteiger charge is 2.51. The molecule has 0 unspecified atom stereocenters. The first-order chi connectivity index (χ1) is 15.9. The molecule has 1 heterocycles. The number of carbonyl (C=O) groups is 2. The average molecular weight is 435 g/mol. The van der Waals surface area contributed by atoms with E-state index in [-0.39, 0.29) is 11.9 Å². The summed E-state index contributed by atoms with van der Waals surface area (Å²) in [5, 5.41) is 2.08. The van der Waals surface area contributed by atoms with Crippen LogP contribution >= 0.6 is 0 Å². The first-order valence-corrected chi connectivity index (χ1v) is 11.2. The Bertz CT molecular complexity index is 1340. The number of hydrogen-bond donors (Lipinski definition) is 0. The number of anilines is 1. The van der Waals surface area contributed by atoms with Gasteiger partial charge in [0.05, 0.1) is 5.69 Å². The van der Waals surface area contributed by atoms with Crippen LogP contribution in [-0.2, 0) is 17.8 Å². The van der Waals surface area contributed by atoms with Crippen molar-refractivity contribution in [2.45, 2.75) is 32.4 Å². The molecule has 0 saturated carbocycles. The number of imide groups is 1. The number of carbonyl (C=O) groups excluding carboxylic acids is 2. The molecule has 33 heavy (non-hydrogen) atoms. The van der Waals surface area contributed by atoms with Crippen LogP contribution in [0.25, 0.3) is 10.8 Å². The van der Waals surface area contributed by atoms with Crippen molar-refractivity contribution in [2.75, 3.05) is 4.90 Å². The van der Waals surface area contributed by atoms with Crippen LogP contribution in [0.1, 0.15) is 30.5 Å². The summed E-state index contributed by atoms with van der Waals surface area (Å²) in [5.41, 5.74) is 3.09. The fraction of sp³-hybridized carbons (Fsp3) is 0.172. The third-order valence-electron chi connectivity index (χ3n) is 6.50. The molecule has 5 rings (SSSR count). The van der Waals surface area contributed by atoms with E-state index >= 15 is 0 Å². The maximum absolute atomic E-state index is 13.6. The lowest BCUT2D eigenvalue weighted by Crippen LogP contribution is -2.43. The number of amides is 3. The van der Waals surface area contributed by atoms with E-state index in [1.165, 1.54) is 10.5 Å². The van der Waals surface area contributed by atoms with Gasteiger partial charge in [0.1, 0.15) is 5.54 Å². The van der Waals surface area contributed by atoms with Crippen molar-refractivity contribution < 1.29 is 9.59 Å². The smallest absolute Gasteiger partial charge is 0.305 e. The molecule has 0 aliphatic carbocycles. The minimum atomic E-state index is -0.942. The minimum Gasteiger partial charge on any atom is -0.305 e. The molecule has 0 spiro atoms. The summed E-state index contributed by atoms with van der Waals surface area (Å²) >= 11 is 0. The molecule has 1 fully saturated rings. The lowest BCUT2D eigenvalue weighted by Gasteiger charge is -2.28. The largest absolute Gasteiger partial charge is 0.332 e. The molecule has 0 N–H and O–H groups in total. The van der Waals surface area contributed by atoms with Gasteiger partial charge in [-0.05, 0) is 59.9 Å². The molecule has 4 nitrogen and oxygen atoms in total. The maximum atomic E-state index is 13.6. The SMILES string of the molecule is CC1(C)C(=O)N(c2ccc3ccccc3c2)C(=O)N1Cc1ccccc1Cc1ccccc1. The predicted octanol–water partition coefficient (Wildman–Crippen LogP) is 6.18. The van der Waals surface area contributed by atoms with Crippen molar-refractivity contribution in [3.05, 3.63) is 114 Å². The molecule has 164 valence electrons. The molecule has 0 bridgehead atoms. The van der Waals surface area contributed by atoms with Crippen LogP contribution in [0.5, 0.6) is 0 Å². The van der Waals surface area contributed by atoms with Gasteiger partial charge in [-0.25, -0.2) is 9.69 Å². The number of nitrogens with zero attached hydrogens (tertiary/aromatic N) is 2. The number of hydrogen-bond acceptors (Lipinski definition) is 2. The molecule has 4 heteroatoms. The summed E-state index contributed by atoms with van der Waals surface area (Å²) in [6, 6.07) is 31.8. The summed E-state index contributed by atoms with van der Waals surface area (Å²) in [7, 11) is 0. The molecule has 0 atom stereocenters. The zero-order valence-corrected chi connectivity index (χ0v) is 18.9. The molecule has 1 aliphatic rings. The van der Waals surface area contributed by atoms with E-state index in [2.05, 4.69) is 18.2 Å². The number of fused-ring (bicyclic) bond motifs is 1. The third-order valence-corrected chi connectivity index (χ3v) is 6.50. The summed E-state index contributed by atoms with van der Waals surface area (Å²) < 4.78 is 0. The molecule has 3 amide bonds. The maximum Gasteiger partial charge on any atom is 0.332 e. The van der Waals surface area contributed by atoms with Gasteiger partial charge in [0.25, 0.3) is 5.91 Å². The number of rotatable bonds is 5. The van der Waals surface area contributed by atoms with Crippen LogP contribution in [0.2, 0.25) is 0 Å². The van der Waals surface area contributed by atoms with Gasteiger partial charge in [0.2, 0.25) is 0 Å². The topological polar surface area (TPSA) is 40.6 Å². The Balaban J connectivity index is 1.47. The van der Waals surface area contributed by atoms with E-state index in [1.54, 1.807) is 4.90 Å². The zero-order chi connectivity index (χ0) is 23.0. The predicted molar refractivity (Wildman–Crippen MR) is 132 cm³/mol. The lowest BCUT2D eigenvalue weighted by molar-refractivity contribution is -0.123. The minimum absolute atomic E-state index is 0.205. The summed E-state index contributed by atoms with van der Waals surface area (Å²) in [5.74, 6) is -0.205. The van der Waals surface area contributed by atoms with Crippen LogP contribution in [0.3, 0.4) is 0 Å². The van der Waals surface area contributed by atoms with E-state index in [0.29, 0.717) is 12.2 Å². The van der Waals surface area contributed by atoms with E-state index in [4.69, 9.17) is 0 Å². The number of benzene rings is 4. The Kier molecular flexibility index (Phi) is 5.21. The standard InChI is InChI=1S/C29H26N2O2/c1-29(2)27(32)31(26-17-16-22-12-6-7-14-24(22)19-26)28(33)30(29)20-25-15-9-8-13-23(25)18-21-10-4-3-5-11-21/h3-17,19H,18,20H2,1-2H3. The van der Waals surface area contributed by atoms with Crippen molar-refractivity contribution in [1.82, 2.24) is 4.90 Å². The Labute approximate surface area is 194 Å². The Morgan fingerprint density at radius 1 is 0.697 bits per heavy atom. The monoisotopic (exact) mass is 434 g/mol. The van der Waals surface area contributed by atoms with E-state index in [9.17, 15) is 9.59 Å². The number of urea groups is 1. The Morgan fingerprint density at radius 2 is 1.33 bits per heavy atom.